The predicted molar refractivity (Wildman–Crippen MR) is 119 cm³/mol. The van der Waals surface area contributed by atoms with Gasteiger partial charge in [0.1, 0.15) is 24.2 Å². The molecule has 1 aliphatic heterocycles. The number of Topliss-reactive ketones (excluding diaryl/α,β-unsaturated/α-hetero) is 1. The molecule has 9 heteroatoms. The second kappa shape index (κ2) is 10.5. The molecule has 32 heavy (non-hydrogen) atoms. The molecule has 0 aliphatic carbocycles. The molecule has 0 radical (unpaired) electrons. The van der Waals surface area contributed by atoms with Gasteiger partial charge in [-0.3, -0.25) is 9.69 Å². The van der Waals surface area contributed by atoms with E-state index in [4.69, 9.17) is 25.8 Å². The molecule has 1 fully saturated rings. The Balaban J connectivity index is 1.29. The van der Waals surface area contributed by atoms with Gasteiger partial charge >= 0.3 is 0 Å². The van der Waals surface area contributed by atoms with Gasteiger partial charge in [-0.05, 0) is 36.4 Å². The van der Waals surface area contributed by atoms with Crippen molar-refractivity contribution in [3.8, 4) is 22.8 Å². The molecule has 166 valence electrons. The number of likely N-dealkylation sites (tertiary alicyclic amines) is 1. The van der Waals surface area contributed by atoms with E-state index in [1.54, 1.807) is 37.7 Å². The van der Waals surface area contributed by atoms with Crippen LogP contribution in [0.1, 0.15) is 10.5 Å². The summed E-state index contributed by atoms with van der Waals surface area (Å²) >= 11 is 6.37. The first kappa shape index (κ1) is 22.1. The molecular formula is C23H23ClN4O4. The molecule has 1 aliphatic rings. The third kappa shape index (κ3) is 5.59. The van der Waals surface area contributed by atoms with Crippen LogP contribution >= 0.6 is 11.6 Å². The maximum absolute atomic E-state index is 12.2. The fourth-order valence-corrected chi connectivity index (χ4v) is 3.53. The van der Waals surface area contributed by atoms with Crippen LogP contribution in [0.15, 0.2) is 54.9 Å². The van der Waals surface area contributed by atoms with Crippen molar-refractivity contribution in [3.05, 3.63) is 65.6 Å². The van der Waals surface area contributed by atoms with Gasteiger partial charge in [-0.2, -0.15) is 5.10 Å². The predicted octanol–water partition coefficient (Wildman–Crippen LogP) is 3.16. The second-order valence-corrected chi connectivity index (χ2v) is 7.74. The highest BCUT2D eigenvalue weighted by molar-refractivity contribution is 6.33. The number of nitrogens with zero attached hydrogens (tertiary/aromatic N) is 4. The van der Waals surface area contributed by atoms with E-state index in [0.29, 0.717) is 55.2 Å². The van der Waals surface area contributed by atoms with Crippen LogP contribution in [0.4, 0.5) is 0 Å². The van der Waals surface area contributed by atoms with Gasteiger partial charge in [-0.1, -0.05) is 11.6 Å². The van der Waals surface area contributed by atoms with Crippen LogP contribution in [0.25, 0.3) is 11.1 Å². The summed E-state index contributed by atoms with van der Waals surface area (Å²) in [7, 11) is 1.63. The maximum Gasteiger partial charge on any atom is 0.213 e. The number of benzene rings is 1. The van der Waals surface area contributed by atoms with Crippen LogP contribution in [0.2, 0.25) is 5.02 Å². The van der Waals surface area contributed by atoms with Gasteiger partial charge in [0, 0.05) is 54.8 Å². The van der Waals surface area contributed by atoms with Crippen molar-refractivity contribution in [2.24, 2.45) is 0 Å². The van der Waals surface area contributed by atoms with Gasteiger partial charge in [0.15, 0.2) is 5.78 Å². The Kier molecular flexibility index (Phi) is 7.26. The fraction of sp³-hybridized carbons (Fsp3) is 0.304. The summed E-state index contributed by atoms with van der Waals surface area (Å²) in [5.74, 6) is 1.19. The van der Waals surface area contributed by atoms with E-state index < -0.39 is 0 Å². The van der Waals surface area contributed by atoms with Crippen LogP contribution in [0.3, 0.4) is 0 Å². The molecular weight excluding hydrogens is 432 g/mol. The van der Waals surface area contributed by atoms with E-state index in [-0.39, 0.29) is 11.9 Å². The zero-order valence-electron chi connectivity index (χ0n) is 17.6. The zero-order chi connectivity index (χ0) is 22.3. The number of carbonyl (C=O) groups is 1. The Hall–Kier alpha value is -3.07. The first-order chi connectivity index (χ1) is 15.6. The standard InChI is InChI=1S/C23H23ClN4O4/c1-30-9-10-31-17-5-6-20(24)19(11-17)16-4-7-23(25-12-16)32-18-13-28(14-18)15-22(29)21-3-2-8-26-27-21/h2-8,11-12,18H,9-10,13-15H2,1H3. The van der Waals surface area contributed by atoms with Crippen molar-refractivity contribution in [2.75, 3.05) is 40.0 Å². The Labute approximate surface area is 191 Å². The highest BCUT2D eigenvalue weighted by Gasteiger charge is 2.30. The van der Waals surface area contributed by atoms with E-state index in [2.05, 4.69) is 15.2 Å². The summed E-state index contributed by atoms with van der Waals surface area (Å²) in [6.07, 6.45) is 3.26. The third-order valence-corrected chi connectivity index (χ3v) is 5.31. The van der Waals surface area contributed by atoms with E-state index in [1.807, 2.05) is 29.2 Å². The molecule has 1 saturated heterocycles. The van der Waals surface area contributed by atoms with Crippen molar-refractivity contribution in [3.63, 3.8) is 0 Å². The van der Waals surface area contributed by atoms with Crippen molar-refractivity contribution in [1.29, 1.82) is 0 Å². The lowest BCUT2D eigenvalue weighted by atomic mass is 10.1. The van der Waals surface area contributed by atoms with E-state index in [9.17, 15) is 4.79 Å². The van der Waals surface area contributed by atoms with E-state index in [1.165, 1.54) is 0 Å². The van der Waals surface area contributed by atoms with Gasteiger partial charge in [0.25, 0.3) is 0 Å². The van der Waals surface area contributed by atoms with Gasteiger partial charge in [-0.15, -0.1) is 5.10 Å². The molecule has 3 heterocycles. The van der Waals surface area contributed by atoms with Gasteiger partial charge in [-0.25, -0.2) is 4.98 Å². The summed E-state index contributed by atoms with van der Waals surface area (Å²) in [5, 5.41) is 8.20. The van der Waals surface area contributed by atoms with E-state index >= 15 is 0 Å². The van der Waals surface area contributed by atoms with Crippen LogP contribution in [0.5, 0.6) is 11.6 Å². The number of halogens is 1. The molecule has 3 aromatic rings. The molecule has 0 unspecified atom stereocenters. The van der Waals surface area contributed by atoms with Crippen LogP contribution in [-0.2, 0) is 4.74 Å². The fourth-order valence-electron chi connectivity index (χ4n) is 3.30. The summed E-state index contributed by atoms with van der Waals surface area (Å²) in [5.41, 5.74) is 2.07. The molecule has 0 N–H and O–H groups in total. The van der Waals surface area contributed by atoms with E-state index in [0.717, 1.165) is 11.1 Å². The quantitative estimate of drug-likeness (QED) is 0.341. The van der Waals surface area contributed by atoms with Gasteiger partial charge in [0.2, 0.25) is 5.88 Å². The Bertz CT molecular complexity index is 1040. The van der Waals surface area contributed by atoms with Crippen molar-refractivity contribution >= 4 is 17.4 Å². The van der Waals surface area contributed by atoms with Crippen molar-refractivity contribution in [2.45, 2.75) is 6.10 Å². The lowest BCUT2D eigenvalue weighted by molar-refractivity contribution is 0.0187. The zero-order valence-corrected chi connectivity index (χ0v) is 18.4. The number of pyridine rings is 1. The average molecular weight is 455 g/mol. The molecule has 0 bridgehead atoms. The summed E-state index contributed by atoms with van der Waals surface area (Å²) < 4.78 is 16.6. The molecule has 1 aromatic carbocycles. The number of ketones is 1. The van der Waals surface area contributed by atoms with Crippen LogP contribution in [0, 0.1) is 0 Å². The second-order valence-electron chi connectivity index (χ2n) is 7.33. The molecule has 0 amide bonds. The molecule has 2 aromatic heterocycles. The average Bonchev–Trinajstić information content (AvgIpc) is 2.80. The monoisotopic (exact) mass is 454 g/mol. The number of ether oxygens (including phenoxy) is 3. The number of methoxy groups -OCH3 is 1. The minimum atomic E-state index is -0.0515. The lowest BCUT2D eigenvalue weighted by Crippen LogP contribution is -2.55. The molecule has 8 nitrogen and oxygen atoms in total. The largest absolute Gasteiger partial charge is 0.491 e. The Morgan fingerprint density at radius 3 is 2.78 bits per heavy atom. The first-order valence-electron chi connectivity index (χ1n) is 10.2. The number of rotatable bonds is 10. The third-order valence-electron chi connectivity index (χ3n) is 4.98. The number of hydrogen-bond acceptors (Lipinski definition) is 8. The topological polar surface area (TPSA) is 86.7 Å². The summed E-state index contributed by atoms with van der Waals surface area (Å²) in [4.78, 5) is 18.6. The number of aromatic nitrogens is 3. The molecule has 0 atom stereocenters. The number of hydrogen-bond donors (Lipinski definition) is 0. The first-order valence-corrected chi connectivity index (χ1v) is 10.6. The SMILES string of the molecule is COCCOc1ccc(Cl)c(-c2ccc(OC3CN(CC(=O)c4cccnn4)C3)nc2)c1. The lowest BCUT2D eigenvalue weighted by Gasteiger charge is -2.38. The van der Waals surface area contributed by atoms with Crippen molar-refractivity contribution < 1.29 is 19.0 Å². The molecule has 0 saturated carbocycles. The van der Waals surface area contributed by atoms with Gasteiger partial charge in [0.05, 0.1) is 13.2 Å². The Morgan fingerprint density at radius 1 is 1.19 bits per heavy atom. The molecule has 4 rings (SSSR count). The summed E-state index contributed by atoms with van der Waals surface area (Å²) in [6.45, 7) is 2.58. The van der Waals surface area contributed by atoms with Crippen LogP contribution in [-0.4, -0.2) is 71.9 Å². The highest BCUT2D eigenvalue weighted by atomic mass is 35.5. The maximum atomic E-state index is 12.2. The van der Waals surface area contributed by atoms with Gasteiger partial charge < -0.3 is 14.2 Å². The number of carbonyl (C=O) groups excluding carboxylic acids is 1. The minimum absolute atomic E-state index is 0.0101. The van der Waals surface area contributed by atoms with Crippen LogP contribution < -0.4 is 9.47 Å². The smallest absolute Gasteiger partial charge is 0.213 e. The van der Waals surface area contributed by atoms with Crippen molar-refractivity contribution in [1.82, 2.24) is 20.1 Å². The normalized spacial score (nSPS) is 14.1. The highest BCUT2D eigenvalue weighted by Crippen LogP contribution is 2.32. The summed E-state index contributed by atoms with van der Waals surface area (Å²) in [6, 6.07) is 12.6. The minimum Gasteiger partial charge on any atom is -0.491 e. The molecule has 0 spiro atoms. The Morgan fingerprint density at radius 2 is 2.06 bits per heavy atom.